The van der Waals surface area contributed by atoms with Gasteiger partial charge in [0.05, 0.1) is 13.2 Å². The van der Waals surface area contributed by atoms with E-state index in [1.165, 1.54) is 18.1 Å². The second-order valence-electron chi connectivity index (χ2n) is 6.20. The SMILES string of the molecule is CCC[C@H]1C(OC)=CC(=O)N1C(=O)[C@H](CC(C)C)NC(=O)CC. The van der Waals surface area contributed by atoms with Crippen LogP contribution in [0.1, 0.15) is 53.4 Å². The van der Waals surface area contributed by atoms with E-state index in [2.05, 4.69) is 5.32 Å². The highest BCUT2D eigenvalue weighted by Gasteiger charge is 2.40. The third-order valence-electron chi connectivity index (χ3n) is 3.84. The lowest BCUT2D eigenvalue weighted by Crippen LogP contribution is -2.52. The van der Waals surface area contributed by atoms with Gasteiger partial charge in [0.2, 0.25) is 5.91 Å². The minimum atomic E-state index is -0.685. The Morgan fingerprint density at radius 2 is 2.00 bits per heavy atom. The van der Waals surface area contributed by atoms with Gasteiger partial charge in [-0.25, -0.2) is 0 Å². The van der Waals surface area contributed by atoms with Crippen LogP contribution in [0, 0.1) is 5.92 Å². The van der Waals surface area contributed by atoms with Gasteiger partial charge in [-0.3, -0.25) is 19.3 Å². The molecule has 3 amide bonds. The maximum absolute atomic E-state index is 12.9. The Hall–Kier alpha value is -1.85. The molecule has 0 saturated heterocycles. The van der Waals surface area contributed by atoms with Gasteiger partial charge in [0, 0.05) is 12.5 Å². The lowest BCUT2D eigenvalue weighted by atomic mass is 10.0. The standard InChI is InChI=1S/C17H28N2O4/c1-6-8-13-14(23-5)10-16(21)19(13)17(22)12(9-11(3)4)18-15(20)7-2/h10-13H,6-9H2,1-5H3,(H,18,20)/t12-,13-/m0/s1. The van der Waals surface area contributed by atoms with Crippen molar-refractivity contribution in [1.29, 1.82) is 0 Å². The van der Waals surface area contributed by atoms with Crippen LogP contribution in [0.2, 0.25) is 0 Å². The number of hydrogen-bond acceptors (Lipinski definition) is 4. The Morgan fingerprint density at radius 1 is 1.35 bits per heavy atom. The molecule has 0 aliphatic carbocycles. The number of methoxy groups -OCH3 is 1. The Bertz CT molecular complexity index is 485. The first-order valence-electron chi connectivity index (χ1n) is 8.27. The van der Waals surface area contributed by atoms with Crippen molar-refractivity contribution in [2.75, 3.05) is 7.11 Å². The monoisotopic (exact) mass is 324 g/mol. The summed E-state index contributed by atoms with van der Waals surface area (Å²) in [6.07, 6.45) is 3.63. The quantitative estimate of drug-likeness (QED) is 0.741. The minimum Gasteiger partial charge on any atom is -0.499 e. The summed E-state index contributed by atoms with van der Waals surface area (Å²) in [5.41, 5.74) is 0. The fraction of sp³-hybridized carbons (Fsp3) is 0.706. The number of amides is 3. The van der Waals surface area contributed by atoms with Gasteiger partial charge >= 0.3 is 0 Å². The number of carbonyl (C=O) groups is 3. The lowest BCUT2D eigenvalue weighted by molar-refractivity contribution is -0.146. The van der Waals surface area contributed by atoms with E-state index < -0.39 is 6.04 Å². The molecule has 0 unspecified atom stereocenters. The summed E-state index contributed by atoms with van der Waals surface area (Å²) in [7, 11) is 1.50. The van der Waals surface area contributed by atoms with Crippen LogP contribution in [0.3, 0.4) is 0 Å². The average molecular weight is 324 g/mol. The van der Waals surface area contributed by atoms with Gasteiger partial charge in [0.15, 0.2) is 0 Å². The Labute approximate surface area is 138 Å². The maximum Gasteiger partial charge on any atom is 0.257 e. The fourth-order valence-corrected chi connectivity index (χ4v) is 2.73. The van der Waals surface area contributed by atoms with Gasteiger partial charge in [-0.1, -0.05) is 34.1 Å². The summed E-state index contributed by atoms with van der Waals surface area (Å²) < 4.78 is 5.25. The average Bonchev–Trinajstić information content (AvgIpc) is 2.81. The van der Waals surface area contributed by atoms with Crippen molar-refractivity contribution >= 4 is 17.7 Å². The predicted octanol–water partition coefficient (Wildman–Crippen LogP) is 2.00. The van der Waals surface area contributed by atoms with Crippen LogP contribution < -0.4 is 5.32 Å². The van der Waals surface area contributed by atoms with Crippen LogP contribution in [0.25, 0.3) is 0 Å². The lowest BCUT2D eigenvalue weighted by Gasteiger charge is -2.29. The molecule has 0 bridgehead atoms. The second-order valence-corrected chi connectivity index (χ2v) is 6.20. The summed E-state index contributed by atoms with van der Waals surface area (Å²) >= 11 is 0. The van der Waals surface area contributed by atoms with E-state index in [1.807, 2.05) is 20.8 Å². The first kappa shape index (κ1) is 19.2. The van der Waals surface area contributed by atoms with Gasteiger partial charge in [-0.15, -0.1) is 0 Å². The molecule has 1 aliphatic heterocycles. The number of ether oxygens (including phenoxy) is 1. The van der Waals surface area contributed by atoms with Crippen LogP contribution in [0.15, 0.2) is 11.8 Å². The van der Waals surface area contributed by atoms with E-state index in [9.17, 15) is 14.4 Å². The van der Waals surface area contributed by atoms with Gasteiger partial charge in [-0.05, 0) is 18.8 Å². The third kappa shape index (κ3) is 4.81. The van der Waals surface area contributed by atoms with E-state index in [1.54, 1.807) is 6.92 Å². The summed E-state index contributed by atoms with van der Waals surface area (Å²) in [6, 6.07) is -1.06. The molecule has 1 aliphatic rings. The summed E-state index contributed by atoms with van der Waals surface area (Å²) in [6.45, 7) is 7.68. The molecule has 1 N–H and O–H groups in total. The van der Waals surface area contributed by atoms with Crippen molar-refractivity contribution in [3.63, 3.8) is 0 Å². The molecule has 0 saturated carbocycles. The van der Waals surface area contributed by atoms with Gasteiger partial charge in [-0.2, -0.15) is 0 Å². The molecule has 0 aromatic heterocycles. The molecule has 0 aromatic rings. The molecule has 0 spiro atoms. The van der Waals surface area contributed by atoms with E-state index in [0.717, 1.165) is 6.42 Å². The number of nitrogens with one attached hydrogen (secondary N) is 1. The Kier molecular flexibility index (Phi) is 7.26. The predicted molar refractivity (Wildman–Crippen MR) is 87.3 cm³/mol. The summed E-state index contributed by atoms with van der Waals surface area (Å²) in [4.78, 5) is 38.1. The van der Waals surface area contributed by atoms with E-state index in [-0.39, 0.29) is 29.7 Å². The first-order chi connectivity index (χ1) is 10.8. The maximum atomic E-state index is 12.9. The summed E-state index contributed by atoms with van der Waals surface area (Å²) in [5.74, 6) is -0.187. The van der Waals surface area contributed by atoms with Gasteiger partial charge in [0.25, 0.3) is 11.8 Å². The van der Waals surface area contributed by atoms with Crippen LogP contribution >= 0.6 is 0 Å². The molecule has 23 heavy (non-hydrogen) atoms. The van der Waals surface area contributed by atoms with Gasteiger partial charge in [0.1, 0.15) is 11.8 Å². The van der Waals surface area contributed by atoms with Crippen molar-refractivity contribution < 1.29 is 19.1 Å². The summed E-state index contributed by atoms with van der Waals surface area (Å²) in [5, 5.41) is 2.74. The largest absolute Gasteiger partial charge is 0.499 e. The van der Waals surface area contributed by atoms with Crippen LogP contribution in [-0.4, -0.2) is 41.8 Å². The van der Waals surface area contributed by atoms with E-state index in [0.29, 0.717) is 25.0 Å². The molecule has 1 heterocycles. The number of imide groups is 1. The van der Waals surface area contributed by atoms with Gasteiger partial charge < -0.3 is 10.1 Å². The zero-order chi connectivity index (χ0) is 17.6. The smallest absolute Gasteiger partial charge is 0.257 e. The third-order valence-corrected chi connectivity index (χ3v) is 3.84. The van der Waals surface area contributed by atoms with Crippen molar-refractivity contribution in [3.05, 3.63) is 11.8 Å². The normalized spacial score (nSPS) is 18.9. The van der Waals surface area contributed by atoms with E-state index in [4.69, 9.17) is 4.74 Å². The molecule has 130 valence electrons. The molecular formula is C17H28N2O4. The number of rotatable bonds is 8. The van der Waals surface area contributed by atoms with Crippen molar-refractivity contribution in [2.45, 2.75) is 65.5 Å². The van der Waals surface area contributed by atoms with Crippen molar-refractivity contribution in [1.82, 2.24) is 10.2 Å². The molecule has 2 atom stereocenters. The topological polar surface area (TPSA) is 75.7 Å². The highest BCUT2D eigenvalue weighted by Crippen LogP contribution is 2.26. The zero-order valence-corrected chi connectivity index (χ0v) is 14.7. The molecular weight excluding hydrogens is 296 g/mol. The van der Waals surface area contributed by atoms with Crippen molar-refractivity contribution in [2.24, 2.45) is 5.92 Å². The highest BCUT2D eigenvalue weighted by molar-refractivity contribution is 6.06. The van der Waals surface area contributed by atoms with E-state index >= 15 is 0 Å². The number of hydrogen-bond donors (Lipinski definition) is 1. The molecule has 1 rings (SSSR count). The Balaban J connectivity index is 3.00. The van der Waals surface area contributed by atoms with Crippen molar-refractivity contribution in [3.8, 4) is 0 Å². The molecule has 6 nitrogen and oxygen atoms in total. The highest BCUT2D eigenvalue weighted by atomic mass is 16.5. The van der Waals surface area contributed by atoms with Crippen LogP contribution in [0.4, 0.5) is 0 Å². The second kappa shape index (κ2) is 8.70. The molecule has 0 radical (unpaired) electrons. The first-order valence-corrected chi connectivity index (χ1v) is 8.27. The minimum absolute atomic E-state index is 0.192. The molecule has 6 heteroatoms. The van der Waals surface area contributed by atoms with Crippen LogP contribution in [0.5, 0.6) is 0 Å². The zero-order valence-electron chi connectivity index (χ0n) is 14.7. The molecule has 0 aromatic carbocycles. The van der Waals surface area contributed by atoms with Crippen LogP contribution in [-0.2, 0) is 19.1 Å². The number of nitrogens with zero attached hydrogens (tertiary/aromatic N) is 1. The Morgan fingerprint density at radius 3 is 2.48 bits per heavy atom. The molecule has 0 fully saturated rings. The number of carbonyl (C=O) groups excluding carboxylic acids is 3. The fourth-order valence-electron chi connectivity index (χ4n) is 2.73.